The SMILES string of the molecule is C=Cc1cnc(Nc2ccc(N3CCN(C)CC3)cc2)nc1C.CC.CC[C@@H]1CC[C@@H](C)C1. The van der Waals surface area contributed by atoms with Crippen molar-refractivity contribution in [2.75, 3.05) is 43.4 Å². The van der Waals surface area contributed by atoms with E-state index < -0.39 is 0 Å². The summed E-state index contributed by atoms with van der Waals surface area (Å²) in [4.78, 5) is 13.5. The number of nitrogens with zero attached hydrogens (tertiary/aromatic N) is 4. The molecule has 0 amide bonds. The minimum absolute atomic E-state index is 0.612. The Bertz CT molecular complexity index is 825. The number of anilines is 3. The van der Waals surface area contributed by atoms with Crippen LogP contribution in [0.25, 0.3) is 6.08 Å². The first-order valence-electron chi connectivity index (χ1n) is 12.7. The molecule has 2 heterocycles. The van der Waals surface area contributed by atoms with Gasteiger partial charge in [-0.15, -0.1) is 0 Å². The normalized spacial score (nSPS) is 20.2. The Morgan fingerprint density at radius 3 is 2.24 bits per heavy atom. The van der Waals surface area contributed by atoms with Gasteiger partial charge in [0.15, 0.2) is 0 Å². The quantitative estimate of drug-likeness (QED) is 0.543. The molecule has 4 rings (SSSR count). The standard InChI is InChI=1S/C18H23N5.C8H16.C2H6/c1-4-15-13-19-18(20-14(15)2)21-16-5-7-17(8-6-16)23-11-9-22(3)10-12-23;1-3-8-5-4-7(2)6-8;1-2/h4-8,13H,1,9-12H2,2-3H3,(H,19,20,21);7-8H,3-6H2,1-2H3;1-2H3/t;7-,8-;/m.1./s1. The summed E-state index contributed by atoms with van der Waals surface area (Å²) < 4.78 is 0. The molecule has 0 radical (unpaired) electrons. The number of nitrogens with one attached hydrogen (secondary N) is 1. The Balaban J connectivity index is 0.000000323. The molecular formula is C28H45N5. The number of hydrogen-bond donors (Lipinski definition) is 1. The van der Waals surface area contributed by atoms with Crippen LogP contribution in [0.3, 0.4) is 0 Å². The summed E-state index contributed by atoms with van der Waals surface area (Å²) in [6.07, 6.45) is 9.44. The van der Waals surface area contributed by atoms with Crippen molar-refractivity contribution in [3.05, 3.63) is 48.3 Å². The second kappa shape index (κ2) is 14.0. The zero-order valence-corrected chi connectivity index (χ0v) is 21.8. The number of hydrogen-bond acceptors (Lipinski definition) is 5. The minimum atomic E-state index is 0.612. The fourth-order valence-electron chi connectivity index (χ4n) is 4.38. The summed E-state index contributed by atoms with van der Waals surface area (Å²) in [5, 5.41) is 3.25. The Hall–Kier alpha value is -2.40. The van der Waals surface area contributed by atoms with Crippen LogP contribution in [-0.4, -0.2) is 48.1 Å². The lowest BCUT2D eigenvalue weighted by atomic mass is 10.0. The smallest absolute Gasteiger partial charge is 0.227 e. The largest absolute Gasteiger partial charge is 0.369 e. The number of benzene rings is 1. The highest BCUT2D eigenvalue weighted by Crippen LogP contribution is 2.31. The molecule has 5 nitrogen and oxygen atoms in total. The third-order valence-corrected chi connectivity index (χ3v) is 6.61. The molecule has 1 aliphatic carbocycles. The van der Waals surface area contributed by atoms with E-state index in [0.717, 1.165) is 55.0 Å². The van der Waals surface area contributed by atoms with E-state index in [9.17, 15) is 0 Å². The molecule has 2 atom stereocenters. The highest BCUT2D eigenvalue weighted by Gasteiger charge is 2.18. The lowest BCUT2D eigenvalue weighted by Gasteiger charge is -2.34. The van der Waals surface area contributed by atoms with Gasteiger partial charge in [0.2, 0.25) is 5.95 Å². The molecule has 0 spiro atoms. The van der Waals surface area contributed by atoms with Gasteiger partial charge in [0.1, 0.15) is 0 Å². The maximum atomic E-state index is 4.45. The first kappa shape index (κ1) is 26.8. The predicted octanol–water partition coefficient (Wildman–Crippen LogP) is 6.78. The zero-order valence-electron chi connectivity index (χ0n) is 21.8. The van der Waals surface area contributed by atoms with E-state index in [1.165, 1.54) is 31.4 Å². The lowest BCUT2D eigenvalue weighted by molar-refractivity contribution is 0.313. The van der Waals surface area contributed by atoms with E-state index in [4.69, 9.17) is 0 Å². The van der Waals surface area contributed by atoms with E-state index in [-0.39, 0.29) is 0 Å². The van der Waals surface area contributed by atoms with Crippen molar-refractivity contribution in [1.29, 1.82) is 0 Å². The average molecular weight is 452 g/mol. The summed E-state index contributed by atoms with van der Waals surface area (Å²) in [7, 11) is 2.17. The average Bonchev–Trinajstić information content (AvgIpc) is 3.27. The van der Waals surface area contributed by atoms with Crippen LogP contribution in [-0.2, 0) is 0 Å². The van der Waals surface area contributed by atoms with Crippen molar-refractivity contribution < 1.29 is 0 Å². The van der Waals surface area contributed by atoms with Crippen LogP contribution >= 0.6 is 0 Å². The molecular weight excluding hydrogens is 406 g/mol. The van der Waals surface area contributed by atoms with Gasteiger partial charge < -0.3 is 15.1 Å². The Kier molecular flexibility index (Phi) is 11.4. The zero-order chi connectivity index (χ0) is 24.2. The highest BCUT2D eigenvalue weighted by atomic mass is 15.2. The highest BCUT2D eigenvalue weighted by molar-refractivity contribution is 5.60. The van der Waals surface area contributed by atoms with Gasteiger partial charge in [-0.2, -0.15) is 0 Å². The molecule has 182 valence electrons. The van der Waals surface area contributed by atoms with Crippen LogP contribution in [0.2, 0.25) is 0 Å². The summed E-state index contributed by atoms with van der Waals surface area (Å²) in [5.74, 6) is 2.71. The van der Waals surface area contributed by atoms with E-state index in [1.54, 1.807) is 12.3 Å². The molecule has 1 saturated carbocycles. The Morgan fingerprint density at radius 1 is 1.09 bits per heavy atom. The molecule has 2 aromatic rings. The van der Waals surface area contributed by atoms with E-state index in [0.29, 0.717) is 5.95 Å². The Labute approximate surface area is 202 Å². The monoisotopic (exact) mass is 451 g/mol. The maximum Gasteiger partial charge on any atom is 0.227 e. The first-order valence-corrected chi connectivity index (χ1v) is 12.7. The summed E-state index contributed by atoms with van der Waals surface area (Å²) in [6, 6.07) is 8.46. The van der Waals surface area contributed by atoms with E-state index in [2.05, 4.69) is 76.8 Å². The van der Waals surface area contributed by atoms with Crippen LogP contribution < -0.4 is 10.2 Å². The van der Waals surface area contributed by atoms with Crippen molar-refractivity contribution in [3.8, 4) is 0 Å². The van der Waals surface area contributed by atoms with Crippen LogP contribution in [0.5, 0.6) is 0 Å². The number of piperazine rings is 1. The molecule has 5 heteroatoms. The van der Waals surface area contributed by atoms with Gasteiger partial charge in [-0.3, -0.25) is 0 Å². The van der Waals surface area contributed by atoms with Crippen molar-refractivity contribution in [1.82, 2.24) is 14.9 Å². The third kappa shape index (κ3) is 8.47. The van der Waals surface area contributed by atoms with Crippen molar-refractivity contribution >= 4 is 23.4 Å². The van der Waals surface area contributed by atoms with Gasteiger partial charge in [-0.25, -0.2) is 9.97 Å². The fraction of sp³-hybridized carbons (Fsp3) is 0.571. The van der Waals surface area contributed by atoms with Crippen LogP contribution in [0.4, 0.5) is 17.3 Å². The number of likely N-dealkylation sites (N-methyl/N-ethyl adjacent to an activating group) is 1. The maximum absolute atomic E-state index is 4.45. The third-order valence-electron chi connectivity index (χ3n) is 6.61. The second-order valence-electron chi connectivity index (χ2n) is 9.09. The number of rotatable bonds is 5. The minimum Gasteiger partial charge on any atom is -0.369 e. The van der Waals surface area contributed by atoms with Gasteiger partial charge in [-0.05, 0) is 56.5 Å². The molecule has 1 aromatic carbocycles. The van der Waals surface area contributed by atoms with Crippen LogP contribution in [0.1, 0.15) is 64.6 Å². The van der Waals surface area contributed by atoms with Gasteiger partial charge in [0.25, 0.3) is 0 Å². The fourth-order valence-corrected chi connectivity index (χ4v) is 4.38. The molecule has 33 heavy (non-hydrogen) atoms. The van der Waals surface area contributed by atoms with E-state index >= 15 is 0 Å². The molecule has 1 aromatic heterocycles. The predicted molar refractivity (Wildman–Crippen MR) is 144 cm³/mol. The van der Waals surface area contributed by atoms with Gasteiger partial charge >= 0.3 is 0 Å². The van der Waals surface area contributed by atoms with Crippen LogP contribution in [0.15, 0.2) is 37.0 Å². The summed E-state index contributed by atoms with van der Waals surface area (Å²) >= 11 is 0. The first-order chi connectivity index (χ1) is 16.0. The Morgan fingerprint density at radius 2 is 1.76 bits per heavy atom. The van der Waals surface area contributed by atoms with E-state index in [1.807, 2.05) is 20.8 Å². The van der Waals surface area contributed by atoms with Gasteiger partial charge in [0, 0.05) is 49.3 Å². The number of aryl methyl sites for hydroxylation is 1. The molecule has 1 saturated heterocycles. The molecule has 2 fully saturated rings. The summed E-state index contributed by atoms with van der Waals surface area (Å²) in [5.41, 5.74) is 4.14. The van der Waals surface area contributed by atoms with Gasteiger partial charge in [0.05, 0.1) is 5.69 Å². The molecule has 0 bridgehead atoms. The molecule has 1 aliphatic heterocycles. The van der Waals surface area contributed by atoms with Gasteiger partial charge in [-0.1, -0.05) is 59.6 Å². The van der Waals surface area contributed by atoms with Crippen LogP contribution in [0, 0.1) is 18.8 Å². The molecule has 0 unspecified atom stereocenters. The van der Waals surface area contributed by atoms with Crippen molar-refractivity contribution in [2.45, 2.75) is 60.3 Å². The lowest BCUT2D eigenvalue weighted by Crippen LogP contribution is -2.44. The van der Waals surface area contributed by atoms with Crippen molar-refractivity contribution in [2.24, 2.45) is 11.8 Å². The van der Waals surface area contributed by atoms with Crippen molar-refractivity contribution in [3.63, 3.8) is 0 Å². The number of aromatic nitrogens is 2. The topological polar surface area (TPSA) is 44.3 Å². The second-order valence-corrected chi connectivity index (χ2v) is 9.09. The summed E-state index contributed by atoms with van der Waals surface area (Å²) in [6.45, 7) is 18.8. The molecule has 2 aliphatic rings. The molecule has 1 N–H and O–H groups in total.